The summed E-state index contributed by atoms with van der Waals surface area (Å²) in [5.41, 5.74) is 0.831. The fraction of sp³-hybridized carbons (Fsp3) is 0.188. The molecule has 0 aliphatic rings. The lowest BCUT2D eigenvalue weighted by Gasteiger charge is -2.14. The quantitative estimate of drug-likeness (QED) is 0.422. The molecule has 0 aliphatic carbocycles. The van der Waals surface area contributed by atoms with Gasteiger partial charge in [0.15, 0.2) is 0 Å². The Hall–Kier alpha value is -2.25. The maximum Gasteiger partial charge on any atom is 0.323 e. The molecule has 0 aromatic heterocycles. The molecule has 0 saturated heterocycles. The van der Waals surface area contributed by atoms with Crippen molar-refractivity contribution >= 4 is 46.5 Å². The smallest absolute Gasteiger partial charge is 0.307 e. The van der Waals surface area contributed by atoms with Crippen LogP contribution in [0.15, 0.2) is 47.4 Å². The molecule has 0 unspecified atom stereocenters. The number of halogens is 1. The van der Waals surface area contributed by atoms with Gasteiger partial charge < -0.3 is 10.6 Å². The topological polar surface area (TPSA) is 84.3 Å². The summed E-state index contributed by atoms with van der Waals surface area (Å²) in [5, 5.41) is 16.9. The van der Waals surface area contributed by atoms with Gasteiger partial charge in [0.05, 0.1) is 15.6 Å². The number of urea groups is 1. The molecule has 24 heavy (non-hydrogen) atoms. The summed E-state index contributed by atoms with van der Waals surface area (Å²) in [6, 6.07) is 10.5. The van der Waals surface area contributed by atoms with Gasteiger partial charge in [0.1, 0.15) is 0 Å². The minimum absolute atomic E-state index is 0.0911. The lowest BCUT2D eigenvalue weighted by molar-refractivity contribution is -0.384. The van der Waals surface area contributed by atoms with E-state index in [1.165, 1.54) is 18.2 Å². The van der Waals surface area contributed by atoms with E-state index in [1.807, 2.05) is 13.8 Å². The van der Waals surface area contributed by atoms with Crippen LogP contribution in [0.3, 0.4) is 0 Å². The van der Waals surface area contributed by atoms with Gasteiger partial charge in [-0.25, -0.2) is 4.79 Å². The van der Waals surface area contributed by atoms with Crippen molar-refractivity contribution in [1.82, 2.24) is 0 Å². The van der Waals surface area contributed by atoms with E-state index in [0.717, 1.165) is 4.90 Å². The molecule has 2 aromatic carbocycles. The van der Waals surface area contributed by atoms with Gasteiger partial charge in [-0.15, -0.1) is 11.8 Å². The van der Waals surface area contributed by atoms with Crippen molar-refractivity contribution in [1.29, 1.82) is 0 Å². The molecule has 0 radical (unpaired) electrons. The summed E-state index contributed by atoms with van der Waals surface area (Å²) in [5.74, 6) is 0. The maximum atomic E-state index is 12.2. The average molecular weight is 366 g/mol. The zero-order valence-corrected chi connectivity index (χ0v) is 14.6. The van der Waals surface area contributed by atoms with Gasteiger partial charge in [-0.2, -0.15) is 0 Å². The van der Waals surface area contributed by atoms with Crippen LogP contribution >= 0.6 is 23.4 Å². The number of hydrogen-bond acceptors (Lipinski definition) is 4. The number of carbonyl (C=O) groups is 1. The van der Waals surface area contributed by atoms with Crippen LogP contribution in [0.25, 0.3) is 0 Å². The largest absolute Gasteiger partial charge is 0.323 e. The average Bonchev–Trinajstić information content (AvgIpc) is 2.50. The number of anilines is 2. The van der Waals surface area contributed by atoms with Gasteiger partial charge in [-0.1, -0.05) is 37.6 Å². The first-order chi connectivity index (χ1) is 11.4. The van der Waals surface area contributed by atoms with Crippen LogP contribution < -0.4 is 10.6 Å². The highest BCUT2D eigenvalue weighted by molar-refractivity contribution is 8.00. The number of non-ortho nitro benzene ring substituents is 1. The Labute approximate surface area is 148 Å². The predicted molar refractivity (Wildman–Crippen MR) is 98.2 cm³/mol. The monoisotopic (exact) mass is 365 g/mol. The van der Waals surface area contributed by atoms with Crippen molar-refractivity contribution in [2.45, 2.75) is 24.0 Å². The van der Waals surface area contributed by atoms with Crippen molar-refractivity contribution in [3.8, 4) is 0 Å². The molecular formula is C16H16ClN3O3S. The molecule has 0 spiro atoms. The number of thioether (sulfide) groups is 1. The Kier molecular flexibility index (Phi) is 6.05. The molecule has 0 aliphatic heterocycles. The van der Waals surface area contributed by atoms with Gasteiger partial charge in [-0.05, 0) is 18.2 Å². The zero-order valence-electron chi connectivity index (χ0n) is 13.1. The van der Waals surface area contributed by atoms with Gasteiger partial charge in [0.2, 0.25) is 0 Å². The third-order valence-electron chi connectivity index (χ3n) is 2.88. The van der Waals surface area contributed by atoms with Crippen molar-refractivity contribution in [2.24, 2.45) is 0 Å². The van der Waals surface area contributed by atoms with Crippen molar-refractivity contribution in [3.05, 3.63) is 57.6 Å². The standard InChI is InChI=1S/C16H16ClN3O3S/c1-10(2)24-15-13(17)7-4-8-14(15)19-16(21)18-11-5-3-6-12(9-11)20(22)23/h3-10H,1-2H3,(H2,18,19,21). The Bertz CT molecular complexity index is 768. The summed E-state index contributed by atoms with van der Waals surface area (Å²) in [4.78, 5) is 23.2. The molecule has 2 amide bonds. The van der Waals surface area contributed by atoms with Crippen LogP contribution in [0, 0.1) is 10.1 Å². The lowest BCUT2D eigenvalue weighted by Crippen LogP contribution is -2.20. The number of nitro benzene ring substituents is 1. The highest BCUT2D eigenvalue weighted by Gasteiger charge is 2.13. The molecule has 2 N–H and O–H groups in total. The summed E-state index contributed by atoms with van der Waals surface area (Å²) in [6.45, 7) is 4.06. The Morgan fingerprint density at radius 2 is 1.92 bits per heavy atom. The minimum atomic E-state index is -0.516. The maximum absolute atomic E-state index is 12.2. The third kappa shape index (κ3) is 4.87. The lowest BCUT2D eigenvalue weighted by atomic mass is 10.3. The first kappa shape index (κ1) is 18.1. The van der Waals surface area contributed by atoms with E-state index >= 15 is 0 Å². The number of benzene rings is 2. The fourth-order valence-electron chi connectivity index (χ4n) is 1.94. The summed E-state index contributed by atoms with van der Waals surface area (Å²) < 4.78 is 0. The number of nitrogens with zero attached hydrogens (tertiary/aromatic N) is 1. The Morgan fingerprint density at radius 1 is 1.21 bits per heavy atom. The SMILES string of the molecule is CC(C)Sc1c(Cl)cccc1NC(=O)Nc1cccc([N+](=O)[O-])c1. The van der Waals surface area contributed by atoms with Crippen LogP contribution in [0.5, 0.6) is 0 Å². The van der Waals surface area contributed by atoms with E-state index in [2.05, 4.69) is 10.6 Å². The van der Waals surface area contributed by atoms with E-state index in [-0.39, 0.29) is 5.69 Å². The number of nitrogens with one attached hydrogen (secondary N) is 2. The van der Waals surface area contributed by atoms with Crippen LogP contribution in [-0.2, 0) is 0 Å². The van der Waals surface area contributed by atoms with Gasteiger partial charge >= 0.3 is 6.03 Å². The number of rotatable bonds is 5. The zero-order chi connectivity index (χ0) is 17.7. The van der Waals surface area contributed by atoms with Crippen LogP contribution in [-0.4, -0.2) is 16.2 Å². The van der Waals surface area contributed by atoms with E-state index in [9.17, 15) is 14.9 Å². The molecule has 0 fully saturated rings. The van der Waals surface area contributed by atoms with E-state index in [0.29, 0.717) is 21.6 Å². The van der Waals surface area contributed by atoms with Gasteiger partial charge in [0.25, 0.3) is 5.69 Å². The summed E-state index contributed by atoms with van der Waals surface area (Å²) >= 11 is 7.75. The molecule has 0 atom stereocenters. The molecule has 0 heterocycles. The van der Waals surface area contributed by atoms with Crippen molar-refractivity contribution in [2.75, 3.05) is 10.6 Å². The number of carbonyl (C=O) groups excluding carboxylic acids is 1. The van der Waals surface area contributed by atoms with Crippen molar-refractivity contribution < 1.29 is 9.72 Å². The van der Waals surface area contributed by atoms with Crippen LogP contribution in [0.4, 0.5) is 21.9 Å². The Balaban J connectivity index is 2.14. The summed E-state index contributed by atoms with van der Waals surface area (Å²) in [7, 11) is 0. The number of hydrogen-bond donors (Lipinski definition) is 2. The van der Waals surface area contributed by atoms with E-state index in [4.69, 9.17) is 11.6 Å². The van der Waals surface area contributed by atoms with E-state index < -0.39 is 11.0 Å². The fourth-order valence-corrected chi connectivity index (χ4v) is 3.15. The molecule has 126 valence electrons. The Morgan fingerprint density at radius 3 is 2.58 bits per heavy atom. The molecule has 2 rings (SSSR count). The van der Waals surface area contributed by atoms with Crippen LogP contribution in [0.2, 0.25) is 5.02 Å². The van der Waals surface area contributed by atoms with Crippen molar-refractivity contribution in [3.63, 3.8) is 0 Å². The highest BCUT2D eigenvalue weighted by atomic mass is 35.5. The second-order valence-corrected chi connectivity index (χ2v) is 7.16. The first-order valence-electron chi connectivity index (χ1n) is 7.14. The minimum Gasteiger partial charge on any atom is -0.307 e. The van der Waals surface area contributed by atoms with Gasteiger partial charge in [-0.3, -0.25) is 10.1 Å². The normalized spacial score (nSPS) is 10.5. The summed E-state index contributed by atoms with van der Waals surface area (Å²) in [6.07, 6.45) is 0. The first-order valence-corrected chi connectivity index (χ1v) is 8.40. The van der Waals surface area contributed by atoms with E-state index in [1.54, 1.807) is 36.0 Å². The predicted octanol–water partition coefficient (Wildman–Crippen LogP) is 5.39. The molecule has 6 nitrogen and oxygen atoms in total. The molecule has 2 aromatic rings. The highest BCUT2D eigenvalue weighted by Crippen LogP contribution is 2.36. The number of nitro groups is 1. The molecule has 0 saturated carbocycles. The molecule has 8 heteroatoms. The third-order valence-corrected chi connectivity index (χ3v) is 4.46. The number of amides is 2. The second-order valence-electron chi connectivity index (χ2n) is 5.17. The molecular weight excluding hydrogens is 350 g/mol. The second kappa shape index (κ2) is 8.03. The molecule has 0 bridgehead atoms. The van der Waals surface area contributed by atoms with Gasteiger partial charge in [0, 0.05) is 28.0 Å². The van der Waals surface area contributed by atoms with Crippen LogP contribution in [0.1, 0.15) is 13.8 Å².